The minimum atomic E-state index is -0.431. The molecule has 0 N–H and O–H groups in total. The maximum absolute atomic E-state index is 11.7. The van der Waals surface area contributed by atoms with Crippen molar-refractivity contribution in [1.29, 1.82) is 0 Å². The van der Waals surface area contributed by atoms with E-state index in [1.807, 2.05) is 17.0 Å². The third-order valence-electron chi connectivity index (χ3n) is 2.95. The molecule has 0 aromatic heterocycles. The molecule has 0 spiro atoms. The fourth-order valence-electron chi connectivity index (χ4n) is 2.19. The van der Waals surface area contributed by atoms with Crippen molar-refractivity contribution in [1.82, 2.24) is 4.90 Å². The van der Waals surface area contributed by atoms with Crippen LogP contribution in [0.1, 0.15) is 24.5 Å². The van der Waals surface area contributed by atoms with E-state index < -0.39 is 5.97 Å². The number of ketones is 1. The average molecular weight is 247 g/mol. The van der Waals surface area contributed by atoms with Crippen LogP contribution in [0.5, 0.6) is 0 Å². The molecule has 0 unspecified atom stereocenters. The number of Topliss-reactive ketones (excluding diaryl/α,β-unsaturated/α-hetero) is 1. The maximum atomic E-state index is 11.7. The van der Waals surface area contributed by atoms with E-state index in [1.165, 1.54) is 11.1 Å². The van der Waals surface area contributed by atoms with Crippen molar-refractivity contribution < 1.29 is 14.3 Å². The highest BCUT2D eigenvalue weighted by Gasteiger charge is 2.21. The standard InChI is InChI=1S/C14H17NO3/c1-2-18-14(17)7-13(16)10-15-8-11-5-3-4-6-12(11)9-15/h3-6H,2,7-10H2,1H3. The Morgan fingerprint density at radius 2 is 1.83 bits per heavy atom. The fourth-order valence-corrected chi connectivity index (χ4v) is 2.19. The lowest BCUT2D eigenvalue weighted by atomic mass is 10.1. The van der Waals surface area contributed by atoms with Crippen LogP contribution in [0.25, 0.3) is 0 Å². The second kappa shape index (κ2) is 5.78. The van der Waals surface area contributed by atoms with Crippen LogP contribution < -0.4 is 0 Å². The lowest BCUT2D eigenvalue weighted by Gasteiger charge is -2.13. The molecular formula is C14H17NO3. The summed E-state index contributed by atoms with van der Waals surface area (Å²) in [4.78, 5) is 24.9. The number of carbonyl (C=O) groups excluding carboxylic acids is 2. The van der Waals surface area contributed by atoms with Crippen molar-refractivity contribution in [2.75, 3.05) is 13.2 Å². The smallest absolute Gasteiger partial charge is 0.313 e. The minimum absolute atomic E-state index is 0.0822. The number of fused-ring (bicyclic) bond motifs is 1. The molecule has 1 aliphatic heterocycles. The highest BCUT2D eigenvalue weighted by atomic mass is 16.5. The van der Waals surface area contributed by atoms with Crippen LogP contribution in [0.15, 0.2) is 24.3 Å². The summed E-state index contributed by atoms with van der Waals surface area (Å²) in [5, 5.41) is 0. The summed E-state index contributed by atoms with van der Waals surface area (Å²) in [6.07, 6.45) is -0.124. The van der Waals surface area contributed by atoms with E-state index in [9.17, 15) is 9.59 Å². The summed E-state index contributed by atoms with van der Waals surface area (Å²) in [7, 11) is 0. The largest absolute Gasteiger partial charge is 0.466 e. The number of hydrogen-bond acceptors (Lipinski definition) is 4. The highest BCUT2D eigenvalue weighted by molar-refractivity contribution is 5.96. The summed E-state index contributed by atoms with van der Waals surface area (Å²) in [5.74, 6) is -0.513. The normalized spacial score (nSPS) is 14.3. The van der Waals surface area contributed by atoms with Gasteiger partial charge in [-0.1, -0.05) is 24.3 Å². The SMILES string of the molecule is CCOC(=O)CC(=O)CN1Cc2ccccc2C1. The molecule has 0 amide bonds. The molecule has 0 radical (unpaired) electrons. The molecular weight excluding hydrogens is 230 g/mol. The molecule has 0 aliphatic carbocycles. The number of esters is 1. The molecule has 1 heterocycles. The predicted molar refractivity (Wildman–Crippen MR) is 66.8 cm³/mol. The molecule has 0 fully saturated rings. The maximum Gasteiger partial charge on any atom is 0.313 e. The van der Waals surface area contributed by atoms with Gasteiger partial charge in [0.15, 0.2) is 5.78 Å². The number of benzene rings is 1. The molecule has 18 heavy (non-hydrogen) atoms. The Morgan fingerprint density at radius 1 is 1.22 bits per heavy atom. The molecule has 2 rings (SSSR count). The molecule has 4 heteroatoms. The van der Waals surface area contributed by atoms with Gasteiger partial charge in [-0.05, 0) is 18.1 Å². The first-order chi connectivity index (χ1) is 8.69. The molecule has 0 bridgehead atoms. The number of rotatable bonds is 5. The molecule has 0 atom stereocenters. The van der Waals surface area contributed by atoms with E-state index in [1.54, 1.807) is 6.92 Å². The average Bonchev–Trinajstić information content (AvgIpc) is 2.70. The second-order valence-electron chi connectivity index (χ2n) is 4.43. The van der Waals surface area contributed by atoms with Crippen molar-refractivity contribution in [3.8, 4) is 0 Å². The van der Waals surface area contributed by atoms with Crippen LogP contribution in [-0.4, -0.2) is 29.8 Å². The van der Waals surface area contributed by atoms with Crippen LogP contribution in [-0.2, 0) is 27.4 Å². The highest BCUT2D eigenvalue weighted by Crippen LogP contribution is 2.21. The number of carbonyl (C=O) groups is 2. The Bertz CT molecular complexity index is 431. The molecule has 0 saturated heterocycles. The Balaban J connectivity index is 1.82. The van der Waals surface area contributed by atoms with Gasteiger partial charge >= 0.3 is 5.97 Å². The Morgan fingerprint density at radius 3 is 2.39 bits per heavy atom. The van der Waals surface area contributed by atoms with E-state index in [4.69, 9.17) is 4.74 Å². The van der Waals surface area contributed by atoms with Crippen molar-refractivity contribution >= 4 is 11.8 Å². The minimum Gasteiger partial charge on any atom is -0.466 e. The third-order valence-corrected chi connectivity index (χ3v) is 2.95. The number of ether oxygens (including phenoxy) is 1. The molecule has 1 aromatic carbocycles. The van der Waals surface area contributed by atoms with E-state index >= 15 is 0 Å². The van der Waals surface area contributed by atoms with Gasteiger partial charge in [0.05, 0.1) is 13.2 Å². The number of hydrogen-bond donors (Lipinski definition) is 0. The van der Waals surface area contributed by atoms with Gasteiger partial charge in [0.2, 0.25) is 0 Å². The van der Waals surface area contributed by atoms with Gasteiger partial charge in [-0.15, -0.1) is 0 Å². The Hall–Kier alpha value is -1.68. The molecule has 1 aliphatic rings. The zero-order valence-electron chi connectivity index (χ0n) is 10.5. The molecule has 0 saturated carbocycles. The van der Waals surface area contributed by atoms with E-state index in [0.717, 1.165) is 13.1 Å². The van der Waals surface area contributed by atoms with Crippen LogP contribution in [0.2, 0.25) is 0 Å². The van der Waals surface area contributed by atoms with Crippen molar-refractivity contribution in [2.45, 2.75) is 26.4 Å². The van der Waals surface area contributed by atoms with Crippen molar-refractivity contribution in [3.05, 3.63) is 35.4 Å². The zero-order chi connectivity index (χ0) is 13.0. The van der Waals surface area contributed by atoms with Gasteiger partial charge in [-0.25, -0.2) is 0 Å². The summed E-state index contributed by atoms with van der Waals surface area (Å²) in [6, 6.07) is 8.15. The molecule has 96 valence electrons. The Kier molecular flexibility index (Phi) is 4.10. The summed E-state index contributed by atoms with van der Waals surface area (Å²) >= 11 is 0. The second-order valence-corrected chi connectivity index (χ2v) is 4.43. The van der Waals surface area contributed by atoms with Gasteiger partial charge in [0.1, 0.15) is 6.42 Å². The molecule has 4 nitrogen and oxygen atoms in total. The van der Waals surface area contributed by atoms with Crippen LogP contribution in [0, 0.1) is 0 Å². The fraction of sp³-hybridized carbons (Fsp3) is 0.429. The van der Waals surface area contributed by atoms with Crippen LogP contribution in [0.4, 0.5) is 0 Å². The topological polar surface area (TPSA) is 46.6 Å². The van der Waals surface area contributed by atoms with Crippen molar-refractivity contribution in [3.63, 3.8) is 0 Å². The first kappa shape index (κ1) is 12.8. The number of nitrogens with zero attached hydrogens (tertiary/aromatic N) is 1. The third kappa shape index (κ3) is 3.17. The first-order valence-electron chi connectivity index (χ1n) is 6.15. The van der Waals surface area contributed by atoms with E-state index in [0.29, 0.717) is 13.2 Å². The quantitative estimate of drug-likeness (QED) is 0.584. The van der Waals surface area contributed by atoms with Gasteiger partial charge in [-0.3, -0.25) is 14.5 Å². The van der Waals surface area contributed by atoms with Crippen LogP contribution >= 0.6 is 0 Å². The monoisotopic (exact) mass is 247 g/mol. The molecule has 1 aromatic rings. The van der Waals surface area contributed by atoms with E-state index in [2.05, 4.69) is 12.1 Å². The van der Waals surface area contributed by atoms with Crippen molar-refractivity contribution in [2.24, 2.45) is 0 Å². The van der Waals surface area contributed by atoms with Gasteiger partial charge < -0.3 is 4.74 Å². The van der Waals surface area contributed by atoms with Gasteiger partial charge in [0, 0.05) is 13.1 Å². The summed E-state index contributed by atoms with van der Waals surface area (Å²) in [5.41, 5.74) is 2.53. The summed E-state index contributed by atoms with van der Waals surface area (Å²) < 4.78 is 4.76. The predicted octanol–water partition coefficient (Wildman–Crippen LogP) is 1.52. The summed E-state index contributed by atoms with van der Waals surface area (Å²) in [6.45, 7) is 3.93. The first-order valence-corrected chi connectivity index (χ1v) is 6.15. The lowest BCUT2D eigenvalue weighted by molar-refractivity contribution is -0.145. The zero-order valence-corrected chi connectivity index (χ0v) is 10.5. The van der Waals surface area contributed by atoms with Crippen LogP contribution in [0.3, 0.4) is 0 Å². The lowest BCUT2D eigenvalue weighted by Crippen LogP contribution is -2.26. The van der Waals surface area contributed by atoms with Gasteiger partial charge in [0.25, 0.3) is 0 Å². The van der Waals surface area contributed by atoms with E-state index in [-0.39, 0.29) is 12.2 Å². The Labute approximate surface area is 107 Å². The van der Waals surface area contributed by atoms with Gasteiger partial charge in [-0.2, -0.15) is 0 Å².